The molecule has 6 nitrogen and oxygen atoms in total. The third-order valence-electron chi connectivity index (χ3n) is 2.84. The topological polar surface area (TPSA) is 85.4 Å². The maximum Gasteiger partial charge on any atom is 0.323 e. The molecule has 0 amide bonds. The van der Waals surface area contributed by atoms with E-state index in [2.05, 4.69) is 15.0 Å². The molecule has 0 aliphatic carbocycles. The van der Waals surface area contributed by atoms with E-state index >= 15 is 0 Å². The molecule has 1 N–H and O–H groups in total. The predicted molar refractivity (Wildman–Crippen MR) is 64.5 cm³/mol. The summed E-state index contributed by atoms with van der Waals surface area (Å²) in [5, 5.41) is 2.86. The van der Waals surface area contributed by atoms with Crippen molar-refractivity contribution >= 4 is 15.8 Å². The van der Waals surface area contributed by atoms with E-state index in [1.807, 2.05) is 0 Å². The second kappa shape index (κ2) is 5.22. The highest BCUT2D eigenvalue weighted by Crippen LogP contribution is 2.20. The number of nitrogens with zero attached hydrogens (tertiary/aromatic N) is 1. The summed E-state index contributed by atoms with van der Waals surface area (Å²) in [6, 6.07) is 1.00. The van der Waals surface area contributed by atoms with E-state index in [-0.39, 0.29) is 11.5 Å². The summed E-state index contributed by atoms with van der Waals surface area (Å²) in [6.45, 7) is 0. The van der Waals surface area contributed by atoms with Crippen molar-refractivity contribution in [1.29, 1.82) is 0 Å². The minimum Gasteiger partial charge on any atom is -0.468 e. The number of carbonyl (C=O) groups excluding carboxylic acids is 1. The third-order valence-corrected chi connectivity index (χ3v) is 4.52. The van der Waals surface area contributed by atoms with Crippen molar-refractivity contribution in [3.05, 3.63) is 29.8 Å². The molecule has 2 heterocycles. The number of carbonyl (C=O) groups is 1. The van der Waals surface area contributed by atoms with Crippen LogP contribution in [0, 0.1) is 5.82 Å². The Morgan fingerprint density at radius 3 is 2.79 bits per heavy atom. The Labute approximate surface area is 109 Å². The number of hydrogen-bond donors (Lipinski definition) is 1. The molecule has 19 heavy (non-hydrogen) atoms. The number of methoxy groups -OCH3 is 1. The quantitative estimate of drug-likeness (QED) is 0.760. The minimum atomic E-state index is -3.39. The fourth-order valence-electron chi connectivity index (χ4n) is 1.96. The molecular weight excluding hydrogens is 275 g/mol. The van der Waals surface area contributed by atoms with Crippen LogP contribution in [0.25, 0.3) is 0 Å². The zero-order valence-corrected chi connectivity index (χ0v) is 11.0. The maximum absolute atomic E-state index is 12.8. The molecule has 2 atom stereocenters. The van der Waals surface area contributed by atoms with Crippen LogP contribution in [0.2, 0.25) is 0 Å². The molecule has 1 aliphatic rings. The average Bonchev–Trinajstić information content (AvgIpc) is 2.36. The van der Waals surface area contributed by atoms with Crippen molar-refractivity contribution in [1.82, 2.24) is 10.3 Å². The van der Waals surface area contributed by atoms with Crippen molar-refractivity contribution < 1.29 is 22.3 Å². The van der Waals surface area contributed by atoms with Crippen molar-refractivity contribution in [2.75, 3.05) is 18.6 Å². The molecule has 0 radical (unpaired) electrons. The zero-order valence-electron chi connectivity index (χ0n) is 10.2. The zero-order chi connectivity index (χ0) is 14.0. The fourth-order valence-corrected chi connectivity index (χ4v) is 3.61. The first-order valence-electron chi connectivity index (χ1n) is 5.57. The van der Waals surface area contributed by atoms with Crippen LogP contribution in [0.5, 0.6) is 0 Å². The number of hydrogen-bond acceptors (Lipinski definition) is 6. The molecule has 0 saturated carbocycles. The first kappa shape index (κ1) is 13.9. The highest BCUT2D eigenvalue weighted by atomic mass is 32.2. The van der Waals surface area contributed by atoms with Gasteiger partial charge in [-0.2, -0.15) is 0 Å². The fraction of sp³-hybridized carbons (Fsp3) is 0.455. The van der Waals surface area contributed by atoms with E-state index < -0.39 is 33.7 Å². The maximum atomic E-state index is 12.8. The molecule has 0 spiro atoms. The second-order valence-electron chi connectivity index (χ2n) is 4.27. The molecular formula is C11H13FN2O4S. The lowest BCUT2D eigenvalue weighted by Gasteiger charge is -2.28. The summed E-state index contributed by atoms with van der Waals surface area (Å²) in [4.78, 5) is 15.3. The summed E-state index contributed by atoms with van der Waals surface area (Å²) < 4.78 is 40.9. The number of nitrogens with one attached hydrogen (secondary N) is 1. The van der Waals surface area contributed by atoms with Crippen molar-refractivity contribution in [3.8, 4) is 0 Å². The monoisotopic (exact) mass is 288 g/mol. The van der Waals surface area contributed by atoms with Gasteiger partial charge in [0.15, 0.2) is 9.84 Å². The van der Waals surface area contributed by atoms with E-state index in [0.717, 1.165) is 6.20 Å². The first-order chi connectivity index (χ1) is 8.91. The van der Waals surface area contributed by atoms with Crippen LogP contribution in [-0.4, -0.2) is 44.0 Å². The second-order valence-corrected chi connectivity index (χ2v) is 6.43. The largest absolute Gasteiger partial charge is 0.468 e. The number of rotatable bonds is 2. The van der Waals surface area contributed by atoms with Crippen molar-refractivity contribution in [2.24, 2.45) is 0 Å². The number of sulfone groups is 1. The molecule has 1 fully saturated rings. The standard InChI is InChI=1S/C11H13FN2O4S/c1-18-11(15)10-6-19(16,17)5-9(14-10)8-3-2-7(12)4-13-8/h2-4,9-10,14H,5-6H2,1H3. The SMILES string of the molecule is COC(=O)C1CS(=O)(=O)CC(c2ccc(F)cn2)N1. The number of ether oxygens (including phenoxy) is 1. The van der Waals surface area contributed by atoms with Gasteiger partial charge in [0.1, 0.15) is 11.9 Å². The van der Waals surface area contributed by atoms with Crippen LogP contribution in [0.3, 0.4) is 0 Å². The van der Waals surface area contributed by atoms with Crippen LogP contribution in [0.1, 0.15) is 11.7 Å². The van der Waals surface area contributed by atoms with Gasteiger partial charge in [0, 0.05) is 0 Å². The number of esters is 1. The number of halogens is 1. The van der Waals surface area contributed by atoms with Crippen molar-refractivity contribution in [2.45, 2.75) is 12.1 Å². The van der Waals surface area contributed by atoms with E-state index in [4.69, 9.17) is 0 Å². The normalized spacial score (nSPS) is 25.8. The first-order valence-corrected chi connectivity index (χ1v) is 7.39. The molecule has 104 valence electrons. The van der Waals surface area contributed by atoms with Gasteiger partial charge in [0.05, 0.1) is 36.5 Å². The Bertz CT molecular complexity index is 573. The molecule has 2 unspecified atom stereocenters. The summed E-state index contributed by atoms with van der Waals surface area (Å²) in [5.41, 5.74) is 0.374. The van der Waals surface area contributed by atoms with Gasteiger partial charge >= 0.3 is 5.97 Å². The summed E-state index contributed by atoms with van der Waals surface area (Å²) in [5.74, 6) is -1.64. The highest BCUT2D eigenvalue weighted by Gasteiger charge is 2.36. The smallest absolute Gasteiger partial charge is 0.323 e. The van der Waals surface area contributed by atoms with Crippen LogP contribution < -0.4 is 5.32 Å². The molecule has 0 aromatic carbocycles. The lowest BCUT2D eigenvalue weighted by molar-refractivity contribution is -0.142. The highest BCUT2D eigenvalue weighted by molar-refractivity contribution is 7.91. The molecule has 1 aliphatic heterocycles. The van der Waals surface area contributed by atoms with Crippen molar-refractivity contribution in [3.63, 3.8) is 0 Å². The van der Waals surface area contributed by atoms with Gasteiger partial charge in [-0.3, -0.25) is 15.1 Å². The van der Waals surface area contributed by atoms with Gasteiger partial charge in [0.2, 0.25) is 0 Å². The van der Waals surface area contributed by atoms with Crippen LogP contribution in [0.15, 0.2) is 18.3 Å². The van der Waals surface area contributed by atoms with Gasteiger partial charge in [-0.15, -0.1) is 0 Å². The summed E-state index contributed by atoms with van der Waals surface area (Å²) in [7, 11) is -2.20. The van der Waals surface area contributed by atoms with Gasteiger partial charge < -0.3 is 4.74 Å². The number of aromatic nitrogens is 1. The molecule has 8 heteroatoms. The van der Waals surface area contributed by atoms with E-state index in [1.165, 1.54) is 19.2 Å². The molecule has 2 rings (SSSR count). The Morgan fingerprint density at radius 1 is 1.47 bits per heavy atom. The minimum absolute atomic E-state index is 0.181. The number of pyridine rings is 1. The lowest BCUT2D eigenvalue weighted by Crippen LogP contribution is -2.51. The third kappa shape index (κ3) is 3.27. The van der Waals surface area contributed by atoms with Crippen LogP contribution in [-0.2, 0) is 19.4 Å². The Hall–Kier alpha value is -1.54. The predicted octanol–water partition coefficient (Wildman–Crippen LogP) is -0.179. The summed E-state index contributed by atoms with van der Waals surface area (Å²) >= 11 is 0. The van der Waals surface area contributed by atoms with Crippen LogP contribution in [0.4, 0.5) is 4.39 Å². The van der Waals surface area contributed by atoms with Gasteiger partial charge in [-0.05, 0) is 12.1 Å². The Balaban J connectivity index is 2.25. The Kier molecular flexibility index (Phi) is 3.81. The van der Waals surface area contributed by atoms with Gasteiger partial charge in [-0.25, -0.2) is 12.8 Å². The molecule has 1 aromatic rings. The Morgan fingerprint density at radius 2 is 2.21 bits per heavy atom. The molecule has 1 saturated heterocycles. The van der Waals surface area contributed by atoms with Gasteiger partial charge in [-0.1, -0.05) is 0 Å². The molecule has 0 bridgehead atoms. The van der Waals surface area contributed by atoms with Crippen LogP contribution >= 0.6 is 0 Å². The lowest BCUT2D eigenvalue weighted by atomic mass is 10.2. The van der Waals surface area contributed by atoms with E-state index in [0.29, 0.717) is 5.69 Å². The van der Waals surface area contributed by atoms with Gasteiger partial charge in [0.25, 0.3) is 0 Å². The molecule has 1 aromatic heterocycles. The summed E-state index contributed by atoms with van der Waals surface area (Å²) in [6.07, 6.45) is 1.01. The average molecular weight is 288 g/mol. The van der Waals surface area contributed by atoms with E-state index in [9.17, 15) is 17.6 Å². The van der Waals surface area contributed by atoms with E-state index in [1.54, 1.807) is 0 Å².